The van der Waals surface area contributed by atoms with E-state index in [1.807, 2.05) is 38.1 Å². The van der Waals surface area contributed by atoms with Crippen LogP contribution in [0.2, 0.25) is 0 Å². The lowest BCUT2D eigenvalue weighted by Gasteiger charge is -2.27. The molecule has 0 aliphatic rings. The monoisotopic (exact) mass is 292 g/mol. The Morgan fingerprint density at radius 3 is 2.80 bits per heavy atom. The van der Waals surface area contributed by atoms with Crippen LogP contribution in [0.4, 0.5) is 0 Å². The van der Waals surface area contributed by atoms with Crippen LogP contribution in [-0.2, 0) is 4.79 Å². The molecule has 1 aromatic carbocycles. The first-order chi connectivity index (χ1) is 9.41. The SMILES string of the molecule is COc1cccc(SCC(=O)NC(C)(C#N)C(C)C)c1. The molecule has 0 aliphatic heterocycles. The number of nitrogens with zero attached hydrogens (tertiary/aromatic N) is 1. The molecule has 1 aromatic rings. The van der Waals surface area contributed by atoms with Crippen LogP contribution in [0, 0.1) is 17.2 Å². The number of nitriles is 1. The summed E-state index contributed by atoms with van der Waals surface area (Å²) < 4.78 is 5.13. The summed E-state index contributed by atoms with van der Waals surface area (Å²) in [4.78, 5) is 12.9. The number of carbonyl (C=O) groups excluding carboxylic acids is 1. The third-order valence-electron chi connectivity index (χ3n) is 3.20. The average molecular weight is 292 g/mol. The number of hydrogen-bond acceptors (Lipinski definition) is 4. The van der Waals surface area contributed by atoms with E-state index in [9.17, 15) is 10.1 Å². The Kier molecular flexibility index (Phi) is 5.90. The molecule has 0 spiro atoms. The highest BCUT2D eigenvalue weighted by atomic mass is 32.2. The number of rotatable bonds is 6. The van der Waals surface area contributed by atoms with E-state index in [-0.39, 0.29) is 17.6 Å². The van der Waals surface area contributed by atoms with Crippen molar-refractivity contribution in [2.24, 2.45) is 5.92 Å². The van der Waals surface area contributed by atoms with Crippen LogP contribution in [0.25, 0.3) is 0 Å². The first-order valence-electron chi connectivity index (χ1n) is 6.40. The van der Waals surface area contributed by atoms with Crippen molar-refractivity contribution in [3.05, 3.63) is 24.3 Å². The predicted molar refractivity (Wildman–Crippen MR) is 80.7 cm³/mol. The Balaban J connectivity index is 2.57. The van der Waals surface area contributed by atoms with Crippen molar-refractivity contribution in [2.45, 2.75) is 31.2 Å². The Labute approximate surface area is 124 Å². The summed E-state index contributed by atoms with van der Waals surface area (Å²) in [5.41, 5.74) is -0.827. The standard InChI is InChI=1S/C15H20N2O2S/c1-11(2)15(3,10-16)17-14(18)9-20-13-7-5-6-12(8-13)19-4/h5-8,11H,9H2,1-4H3,(H,17,18). The number of carbonyl (C=O) groups is 1. The second-order valence-corrected chi connectivity index (χ2v) is 6.03. The highest BCUT2D eigenvalue weighted by Gasteiger charge is 2.29. The molecule has 0 heterocycles. The molecular formula is C15H20N2O2S. The number of nitrogens with one attached hydrogen (secondary N) is 1. The minimum Gasteiger partial charge on any atom is -0.497 e. The summed E-state index contributed by atoms with van der Waals surface area (Å²) in [6, 6.07) is 9.70. The summed E-state index contributed by atoms with van der Waals surface area (Å²) in [6.45, 7) is 5.57. The van der Waals surface area contributed by atoms with Crippen LogP contribution in [0.15, 0.2) is 29.2 Å². The molecule has 0 saturated heterocycles. The van der Waals surface area contributed by atoms with Gasteiger partial charge < -0.3 is 10.1 Å². The van der Waals surface area contributed by atoms with Gasteiger partial charge in [-0.05, 0) is 31.0 Å². The number of hydrogen-bond donors (Lipinski definition) is 1. The van der Waals surface area contributed by atoms with Crippen molar-refractivity contribution in [3.63, 3.8) is 0 Å². The van der Waals surface area contributed by atoms with Crippen molar-refractivity contribution in [1.29, 1.82) is 5.26 Å². The normalized spacial score (nSPS) is 13.4. The molecule has 0 bridgehead atoms. The summed E-state index contributed by atoms with van der Waals surface area (Å²) in [5.74, 6) is 0.949. The van der Waals surface area contributed by atoms with E-state index in [1.54, 1.807) is 14.0 Å². The van der Waals surface area contributed by atoms with E-state index < -0.39 is 5.54 Å². The van der Waals surface area contributed by atoms with E-state index in [1.165, 1.54) is 11.8 Å². The van der Waals surface area contributed by atoms with Crippen LogP contribution >= 0.6 is 11.8 Å². The number of ether oxygens (including phenoxy) is 1. The molecule has 1 unspecified atom stereocenters. The van der Waals surface area contributed by atoms with Crippen molar-refractivity contribution in [3.8, 4) is 11.8 Å². The Morgan fingerprint density at radius 2 is 2.25 bits per heavy atom. The zero-order chi connectivity index (χ0) is 15.2. The van der Waals surface area contributed by atoms with Gasteiger partial charge in [-0.25, -0.2) is 0 Å². The van der Waals surface area contributed by atoms with Crippen LogP contribution in [0.5, 0.6) is 5.75 Å². The van der Waals surface area contributed by atoms with Crippen LogP contribution in [0.1, 0.15) is 20.8 Å². The third-order valence-corrected chi connectivity index (χ3v) is 4.19. The van der Waals surface area contributed by atoms with Crippen molar-refractivity contribution >= 4 is 17.7 Å². The van der Waals surface area contributed by atoms with Crippen LogP contribution < -0.4 is 10.1 Å². The zero-order valence-corrected chi connectivity index (χ0v) is 13.1. The number of benzene rings is 1. The van der Waals surface area contributed by atoms with Gasteiger partial charge in [0.1, 0.15) is 11.3 Å². The topological polar surface area (TPSA) is 62.1 Å². The van der Waals surface area contributed by atoms with Crippen LogP contribution in [-0.4, -0.2) is 24.3 Å². The predicted octanol–water partition coefficient (Wildman–Crippen LogP) is 2.84. The molecule has 0 radical (unpaired) electrons. The van der Waals surface area contributed by atoms with Gasteiger partial charge in [-0.1, -0.05) is 19.9 Å². The summed E-state index contributed by atoms with van der Waals surface area (Å²) in [7, 11) is 1.61. The molecule has 108 valence electrons. The Morgan fingerprint density at radius 1 is 1.55 bits per heavy atom. The maximum absolute atomic E-state index is 11.9. The highest BCUT2D eigenvalue weighted by molar-refractivity contribution is 8.00. The van der Waals surface area contributed by atoms with Gasteiger partial charge in [0, 0.05) is 4.90 Å². The third kappa shape index (κ3) is 4.46. The highest BCUT2D eigenvalue weighted by Crippen LogP contribution is 2.23. The molecule has 1 N–H and O–H groups in total. The Hall–Kier alpha value is -1.67. The van der Waals surface area contributed by atoms with Gasteiger partial charge in [-0.2, -0.15) is 5.26 Å². The maximum Gasteiger partial charge on any atom is 0.231 e. The first kappa shape index (κ1) is 16.4. The van der Waals surface area contributed by atoms with Gasteiger partial charge in [-0.3, -0.25) is 4.79 Å². The lowest BCUT2D eigenvalue weighted by Crippen LogP contribution is -2.49. The summed E-state index contributed by atoms with van der Waals surface area (Å²) >= 11 is 1.42. The Bertz CT molecular complexity index is 511. The van der Waals surface area contributed by atoms with E-state index in [4.69, 9.17) is 4.74 Å². The minimum atomic E-state index is -0.827. The second kappa shape index (κ2) is 7.20. The largest absolute Gasteiger partial charge is 0.497 e. The molecule has 4 nitrogen and oxygen atoms in total. The molecule has 20 heavy (non-hydrogen) atoms. The second-order valence-electron chi connectivity index (χ2n) is 4.98. The fraction of sp³-hybridized carbons (Fsp3) is 0.467. The number of amides is 1. The summed E-state index contributed by atoms with van der Waals surface area (Å²) in [6.07, 6.45) is 0. The minimum absolute atomic E-state index is 0.0540. The van der Waals surface area contributed by atoms with Crippen molar-refractivity contribution in [2.75, 3.05) is 12.9 Å². The lowest BCUT2D eigenvalue weighted by molar-refractivity contribution is -0.120. The molecule has 1 atom stereocenters. The van der Waals surface area contributed by atoms with E-state index in [2.05, 4.69) is 11.4 Å². The van der Waals surface area contributed by atoms with Gasteiger partial charge in [0.2, 0.25) is 5.91 Å². The van der Waals surface area contributed by atoms with Crippen molar-refractivity contribution < 1.29 is 9.53 Å². The average Bonchev–Trinajstić information content (AvgIpc) is 2.45. The molecule has 1 amide bonds. The molecule has 1 rings (SSSR count). The summed E-state index contributed by atoms with van der Waals surface area (Å²) in [5, 5.41) is 12.0. The van der Waals surface area contributed by atoms with E-state index in [0.29, 0.717) is 0 Å². The fourth-order valence-electron chi connectivity index (χ4n) is 1.47. The number of methoxy groups -OCH3 is 1. The van der Waals surface area contributed by atoms with Gasteiger partial charge in [0.15, 0.2) is 0 Å². The maximum atomic E-state index is 11.9. The van der Waals surface area contributed by atoms with Crippen molar-refractivity contribution in [1.82, 2.24) is 5.32 Å². The molecule has 5 heteroatoms. The lowest BCUT2D eigenvalue weighted by atomic mass is 9.90. The quantitative estimate of drug-likeness (QED) is 0.819. The molecule has 0 aliphatic carbocycles. The zero-order valence-electron chi connectivity index (χ0n) is 12.3. The number of thioether (sulfide) groups is 1. The first-order valence-corrected chi connectivity index (χ1v) is 7.39. The molecule has 0 aromatic heterocycles. The van der Waals surface area contributed by atoms with E-state index in [0.717, 1.165) is 10.6 Å². The molecule has 0 fully saturated rings. The van der Waals surface area contributed by atoms with Gasteiger partial charge >= 0.3 is 0 Å². The van der Waals surface area contributed by atoms with E-state index >= 15 is 0 Å². The van der Waals surface area contributed by atoms with Gasteiger partial charge in [0.25, 0.3) is 0 Å². The fourth-order valence-corrected chi connectivity index (χ4v) is 2.21. The van der Waals surface area contributed by atoms with Crippen LogP contribution in [0.3, 0.4) is 0 Å². The molecular weight excluding hydrogens is 272 g/mol. The molecule has 0 saturated carbocycles. The van der Waals surface area contributed by atoms with Gasteiger partial charge in [-0.15, -0.1) is 11.8 Å². The van der Waals surface area contributed by atoms with Gasteiger partial charge in [0.05, 0.1) is 18.9 Å². The smallest absolute Gasteiger partial charge is 0.231 e.